The van der Waals surface area contributed by atoms with Gasteiger partial charge in [0.1, 0.15) is 0 Å². The largest absolute Gasteiger partial charge is 0.302 e. The fourth-order valence-corrected chi connectivity index (χ4v) is 0.962. The molecule has 0 aromatic heterocycles. The first-order valence-corrected chi connectivity index (χ1v) is 3.06. The topological polar surface area (TPSA) is 35.8 Å². The molecule has 1 aliphatic rings. The van der Waals surface area contributed by atoms with Gasteiger partial charge in [-0.1, -0.05) is 0 Å². The van der Waals surface area contributed by atoms with Gasteiger partial charge < -0.3 is 5.32 Å². The highest BCUT2D eigenvalue weighted by Crippen LogP contribution is 2.04. The SMILES string of the molecule is Cl.N#CC1CCCCN1. The molecule has 3 heteroatoms. The molecule has 0 amide bonds. The van der Waals surface area contributed by atoms with E-state index >= 15 is 0 Å². The van der Waals surface area contributed by atoms with Crippen LogP contribution in [-0.4, -0.2) is 12.6 Å². The number of hydrogen-bond donors (Lipinski definition) is 1. The zero-order valence-corrected chi connectivity index (χ0v) is 6.08. The first-order valence-electron chi connectivity index (χ1n) is 3.06. The Hall–Kier alpha value is -0.260. The third-order valence-corrected chi connectivity index (χ3v) is 1.47. The number of hydrogen-bond acceptors (Lipinski definition) is 2. The van der Waals surface area contributed by atoms with Gasteiger partial charge in [-0.2, -0.15) is 5.26 Å². The van der Waals surface area contributed by atoms with Gasteiger partial charge in [0.25, 0.3) is 0 Å². The Bertz CT molecular complexity index is 102. The van der Waals surface area contributed by atoms with Crippen molar-refractivity contribution in [2.75, 3.05) is 6.54 Å². The molecule has 0 saturated carbocycles. The van der Waals surface area contributed by atoms with Gasteiger partial charge in [-0.3, -0.25) is 0 Å². The second-order valence-corrected chi connectivity index (χ2v) is 2.13. The molecule has 0 bridgehead atoms. The number of rotatable bonds is 0. The molecule has 1 atom stereocenters. The van der Waals surface area contributed by atoms with Crippen LogP contribution in [0, 0.1) is 11.3 Å². The minimum Gasteiger partial charge on any atom is -0.302 e. The van der Waals surface area contributed by atoms with Gasteiger partial charge in [-0.25, -0.2) is 0 Å². The highest BCUT2D eigenvalue weighted by Gasteiger charge is 2.09. The third kappa shape index (κ3) is 2.69. The predicted molar refractivity (Wildman–Crippen MR) is 38.5 cm³/mol. The Labute approximate surface area is 61.7 Å². The Morgan fingerprint density at radius 3 is 2.56 bits per heavy atom. The summed E-state index contributed by atoms with van der Waals surface area (Å²) in [6.45, 7) is 1.03. The fourth-order valence-electron chi connectivity index (χ4n) is 0.962. The molecule has 0 radical (unpaired) electrons. The molecule has 0 aliphatic carbocycles. The molecule has 1 N–H and O–H groups in total. The van der Waals surface area contributed by atoms with Crippen LogP contribution in [0.5, 0.6) is 0 Å². The molecule has 0 aromatic carbocycles. The number of nitrogens with one attached hydrogen (secondary N) is 1. The second-order valence-electron chi connectivity index (χ2n) is 2.13. The molecule has 1 saturated heterocycles. The number of piperidine rings is 1. The molecule has 9 heavy (non-hydrogen) atoms. The summed E-state index contributed by atoms with van der Waals surface area (Å²) < 4.78 is 0. The van der Waals surface area contributed by atoms with E-state index in [1.807, 2.05) is 0 Å². The molecule has 1 unspecified atom stereocenters. The summed E-state index contributed by atoms with van der Waals surface area (Å²) in [5.74, 6) is 0. The standard InChI is InChI=1S/C6H10N2.ClH/c7-5-6-3-1-2-4-8-6;/h6,8H,1-4H2;1H. The van der Waals surface area contributed by atoms with Crippen LogP contribution in [-0.2, 0) is 0 Å². The van der Waals surface area contributed by atoms with Crippen LogP contribution in [0.1, 0.15) is 19.3 Å². The van der Waals surface area contributed by atoms with Crippen molar-refractivity contribution in [2.24, 2.45) is 0 Å². The number of halogens is 1. The van der Waals surface area contributed by atoms with Crippen LogP contribution in [0.2, 0.25) is 0 Å². The quantitative estimate of drug-likeness (QED) is 0.555. The first kappa shape index (κ1) is 8.74. The lowest BCUT2D eigenvalue weighted by atomic mass is 10.1. The van der Waals surface area contributed by atoms with E-state index in [1.54, 1.807) is 0 Å². The van der Waals surface area contributed by atoms with E-state index in [4.69, 9.17) is 5.26 Å². The zero-order valence-electron chi connectivity index (χ0n) is 5.26. The van der Waals surface area contributed by atoms with Crippen LogP contribution in [0.3, 0.4) is 0 Å². The molecule has 1 aliphatic heterocycles. The van der Waals surface area contributed by atoms with Gasteiger partial charge in [0.15, 0.2) is 0 Å². The second kappa shape index (κ2) is 4.60. The van der Waals surface area contributed by atoms with E-state index in [2.05, 4.69) is 11.4 Å². The normalized spacial score (nSPS) is 25.9. The van der Waals surface area contributed by atoms with Gasteiger partial charge in [-0.15, -0.1) is 12.4 Å². The Morgan fingerprint density at radius 1 is 1.44 bits per heavy atom. The van der Waals surface area contributed by atoms with Crippen molar-refractivity contribution >= 4 is 12.4 Å². The van der Waals surface area contributed by atoms with Crippen LogP contribution < -0.4 is 5.32 Å². The van der Waals surface area contributed by atoms with Gasteiger partial charge in [0, 0.05) is 0 Å². The van der Waals surface area contributed by atoms with Crippen molar-refractivity contribution in [1.82, 2.24) is 5.32 Å². The molecule has 0 aromatic rings. The van der Waals surface area contributed by atoms with Crippen molar-refractivity contribution in [3.05, 3.63) is 0 Å². The summed E-state index contributed by atoms with van der Waals surface area (Å²) in [5, 5.41) is 11.5. The Balaban J connectivity index is 0.000000640. The summed E-state index contributed by atoms with van der Waals surface area (Å²) in [7, 11) is 0. The molecule has 2 nitrogen and oxygen atoms in total. The minimum atomic E-state index is 0. The van der Waals surface area contributed by atoms with Crippen molar-refractivity contribution in [2.45, 2.75) is 25.3 Å². The van der Waals surface area contributed by atoms with Crippen LogP contribution in [0.25, 0.3) is 0 Å². The summed E-state index contributed by atoms with van der Waals surface area (Å²) in [6.07, 6.45) is 3.49. The molecule has 1 fully saturated rings. The van der Waals surface area contributed by atoms with E-state index in [0.717, 1.165) is 13.0 Å². The summed E-state index contributed by atoms with van der Waals surface area (Å²) in [6, 6.07) is 2.34. The number of nitriles is 1. The molecule has 1 heterocycles. The van der Waals surface area contributed by atoms with Crippen molar-refractivity contribution in [3.8, 4) is 6.07 Å². The smallest absolute Gasteiger partial charge is 0.0953 e. The lowest BCUT2D eigenvalue weighted by molar-refractivity contribution is 0.461. The maximum atomic E-state index is 8.38. The van der Waals surface area contributed by atoms with Crippen LogP contribution in [0.4, 0.5) is 0 Å². The average molecular weight is 147 g/mol. The molecule has 1 rings (SSSR count). The third-order valence-electron chi connectivity index (χ3n) is 1.47. The van der Waals surface area contributed by atoms with Gasteiger partial charge in [-0.05, 0) is 25.8 Å². The molecular formula is C6H11ClN2. The average Bonchev–Trinajstić information content (AvgIpc) is 1.90. The van der Waals surface area contributed by atoms with Crippen LogP contribution in [0.15, 0.2) is 0 Å². The monoisotopic (exact) mass is 146 g/mol. The van der Waals surface area contributed by atoms with E-state index in [1.165, 1.54) is 12.8 Å². The van der Waals surface area contributed by atoms with Crippen molar-refractivity contribution in [3.63, 3.8) is 0 Å². The maximum absolute atomic E-state index is 8.38. The highest BCUT2D eigenvalue weighted by atomic mass is 35.5. The van der Waals surface area contributed by atoms with Crippen molar-refractivity contribution < 1.29 is 0 Å². The zero-order chi connectivity index (χ0) is 5.82. The summed E-state index contributed by atoms with van der Waals surface area (Å²) >= 11 is 0. The van der Waals surface area contributed by atoms with Crippen LogP contribution >= 0.6 is 12.4 Å². The van der Waals surface area contributed by atoms with Crippen molar-refractivity contribution in [1.29, 1.82) is 5.26 Å². The van der Waals surface area contributed by atoms with Gasteiger partial charge in [0.05, 0.1) is 12.1 Å². The van der Waals surface area contributed by atoms with E-state index in [-0.39, 0.29) is 18.4 Å². The minimum absolute atomic E-state index is 0. The van der Waals surface area contributed by atoms with Gasteiger partial charge in [0.2, 0.25) is 0 Å². The lowest BCUT2D eigenvalue weighted by Gasteiger charge is -2.15. The Morgan fingerprint density at radius 2 is 2.22 bits per heavy atom. The lowest BCUT2D eigenvalue weighted by Crippen LogP contribution is -2.32. The molecular weight excluding hydrogens is 136 g/mol. The number of nitrogens with zero attached hydrogens (tertiary/aromatic N) is 1. The fraction of sp³-hybridized carbons (Fsp3) is 0.833. The van der Waals surface area contributed by atoms with Gasteiger partial charge >= 0.3 is 0 Å². The maximum Gasteiger partial charge on any atom is 0.0953 e. The highest BCUT2D eigenvalue weighted by molar-refractivity contribution is 5.85. The first-order chi connectivity index (χ1) is 3.93. The molecule has 0 spiro atoms. The summed E-state index contributed by atoms with van der Waals surface area (Å²) in [4.78, 5) is 0. The Kier molecular flexibility index (Phi) is 4.47. The molecule has 52 valence electrons. The predicted octanol–water partition coefficient (Wildman–Crippen LogP) is 1.07. The summed E-state index contributed by atoms with van der Waals surface area (Å²) in [5.41, 5.74) is 0. The van der Waals surface area contributed by atoms with E-state index in [9.17, 15) is 0 Å². The van der Waals surface area contributed by atoms with E-state index < -0.39 is 0 Å². The van der Waals surface area contributed by atoms with E-state index in [0.29, 0.717) is 0 Å².